The molecule has 0 aromatic heterocycles. The van der Waals surface area contributed by atoms with Crippen molar-refractivity contribution in [3.63, 3.8) is 0 Å². The Morgan fingerprint density at radius 3 is 2.89 bits per heavy atom. The van der Waals surface area contributed by atoms with E-state index < -0.39 is 0 Å². The third-order valence-corrected chi connectivity index (χ3v) is 4.18. The van der Waals surface area contributed by atoms with Gasteiger partial charge >= 0.3 is 0 Å². The van der Waals surface area contributed by atoms with Crippen LogP contribution >= 0.6 is 23.4 Å². The first-order valence-corrected chi connectivity index (χ1v) is 7.48. The van der Waals surface area contributed by atoms with Crippen LogP contribution in [-0.2, 0) is 4.79 Å². The van der Waals surface area contributed by atoms with Gasteiger partial charge in [0.2, 0.25) is 5.91 Å². The Balaban J connectivity index is 2.40. The SMILES string of the molecule is CCC(C)CSCC(=O)Nc1ccc(N)cc1Cl. The zero-order chi connectivity index (χ0) is 13.5. The third kappa shape index (κ3) is 5.19. The molecule has 100 valence electrons. The Kier molecular flexibility index (Phi) is 6.36. The molecule has 0 bridgehead atoms. The van der Waals surface area contributed by atoms with Crippen LogP contribution in [0.25, 0.3) is 0 Å². The minimum absolute atomic E-state index is 0.0324. The van der Waals surface area contributed by atoms with E-state index in [2.05, 4.69) is 19.2 Å². The van der Waals surface area contributed by atoms with E-state index in [1.54, 1.807) is 30.0 Å². The average Bonchev–Trinajstić information content (AvgIpc) is 2.32. The van der Waals surface area contributed by atoms with Crippen molar-refractivity contribution in [2.75, 3.05) is 22.6 Å². The van der Waals surface area contributed by atoms with Crippen LogP contribution in [0.1, 0.15) is 20.3 Å². The standard InChI is InChI=1S/C13H19ClN2OS/c1-3-9(2)7-18-8-13(17)16-12-5-4-10(15)6-11(12)14/h4-6,9H,3,7-8,15H2,1-2H3,(H,16,17). The summed E-state index contributed by atoms with van der Waals surface area (Å²) in [6, 6.07) is 5.06. The van der Waals surface area contributed by atoms with Crippen LogP contribution in [-0.4, -0.2) is 17.4 Å². The number of rotatable bonds is 6. The fourth-order valence-corrected chi connectivity index (χ4v) is 2.54. The maximum absolute atomic E-state index is 11.7. The second kappa shape index (κ2) is 7.54. The fourth-order valence-electron chi connectivity index (χ4n) is 1.29. The minimum atomic E-state index is -0.0324. The Bertz CT molecular complexity index is 412. The number of carbonyl (C=O) groups excluding carboxylic acids is 1. The van der Waals surface area contributed by atoms with E-state index in [1.165, 1.54) is 0 Å². The molecule has 1 amide bonds. The van der Waals surface area contributed by atoms with Gasteiger partial charge in [-0.15, -0.1) is 0 Å². The molecule has 0 saturated heterocycles. The first-order valence-electron chi connectivity index (χ1n) is 5.95. The van der Waals surface area contributed by atoms with Gasteiger partial charge in [-0.2, -0.15) is 11.8 Å². The van der Waals surface area contributed by atoms with Crippen molar-refractivity contribution in [1.82, 2.24) is 0 Å². The van der Waals surface area contributed by atoms with Crippen molar-refractivity contribution in [3.05, 3.63) is 23.2 Å². The van der Waals surface area contributed by atoms with Gasteiger partial charge < -0.3 is 11.1 Å². The number of anilines is 2. The van der Waals surface area contributed by atoms with E-state index >= 15 is 0 Å². The predicted octanol–water partition coefficient (Wildman–Crippen LogP) is 3.64. The highest BCUT2D eigenvalue weighted by Crippen LogP contribution is 2.24. The number of amides is 1. The fraction of sp³-hybridized carbons (Fsp3) is 0.462. The molecule has 3 N–H and O–H groups in total. The molecule has 0 aliphatic carbocycles. The molecule has 1 rings (SSSR count). The Hall–Kier alpha value is -0.870. The number of hydrogen-bond donors (Lipinski definition) is 2. The molecule has 1 atom stereocenters. The number of hydrogen-bond acceptors (Lipinski definition) is 3. The zero-order valence-electron chi connectivity index (χ0n) is 10.7. The van der Waals surface area contributed by atoms with Crippen molar-refractivity contribution in [1.29, 1.82) is 0 Å². The quantitative estimate of drug-likeness (QED) is 0.785. The van der Waals surface area contributed by atoms with Gasteiger partial charge in [-0.1, -0.05) is 31.9 Å². The monoisotopic (exact) mass is 286 g/mol. The molecule has 0 spiro atoms. The van der Waals surface area contributed by atoms with E-state index in [4.69, 9.17) is 17.3 Å². The number of carbonyl (C=O) groups is 1. The van der Waals surface area contributed by atoms with Gasteiger partial charge in [0.05, 0.1) is 16.5 Å². The lowest BCUT2D eigenvalue weighted by molar-refractivity contribution is -0.113. The van der Waals surface area contributed by atoms with Gasteiger partial charge in [0.15, 0.2) is 0 Å². The van der Waals surface area contributed by atoms with Gasteiger partial charge in [-0.05, 0) is 29.9 Å². The molecule has 0 heterocycles. The van der Waals surface area contributed by atoms with Crippen molar-refractivity contribution in [3.8, 4) is 0 Å². The van der Waals surface area contributed by atoms with Gasteiger partial charge in [-0.25, -0.2) is 0 Å². The second-order valence-corrected chi connectivity index (χ2v) is 5.75. The van der Waals surface area contributed by atoms with Crippen LogP contribution in [0.3, 0.4) is 0 Å². The highest BCUT2D eigenvalue weighted by molar-refractivity contribution is 7.99. The first-order chi connectivity index (χ1) is 8.52. The molecule has 0 fully saturated rings. The molecule has 0 saturated carbocycles. The summed E-state index contributed by atoms with van der Waals surface area (Å²) in [5, 5.41) is 3.25. The molecule has 5 heteroatoms. The first kappa shape index (κ1) is 15.2. The summed E-state index contributed by atoms with van der Waals surface area (Å²) in [4.78, 5) is 11.7. The van der Waals surface area contributed by atoms with E-state index in [0.29, 0.717) is 28.1 Å². The van der Waals surface area contributed by atoms with E-state index in [-0.39, 0.29) is 5.91 Å². The Morgan fingerprint density at radius 2 is 2.28 bits per heavy atom. The highest BCUT2D eigenvalue weighted by Gasteiger charge is 2.07. The van der Waals surface area contributed by atoms with Crippen molar-refractivity contribution < 1.29 is 4.79 Å². The molecule has 1 aromatic carbocycles. The molecule has 1 aromatic rings. The molecular weight excluding hydrogens is 268 g/mol. The van der Waals surface area contributed by atoms with Crippen LogP contribution in [0.5, 0.6) is 0 Å². The van der Waals surface area contributed by atoms with Gasteiger partial charge in [0.25, 0.3) is 0 Å². The van der Waals surface area contributed by atoms with Crippen LogP contribution in [0.2, 0.25) is 5.02 Å². The van der Waals surface area contributed by atoms with E-state index in [1.807, 2.05) is 0 Å². The largest absolute Gasteiger partial charge is 0.399 e. The van der Waals surface area contributed by atoms with Crippen molar-refractivity contribution >= 4 is 40.6 Å². The summed E-state index contributed by atoms with van der Waals surface area (Å²) in [6.45, 7) is 4.33. The highest BCUT2D eigenvalue weighted by atomic mass is 35.5. The maximum atomic E-state index is 11.7. The topological polar surface area (TPSA) is 55.1 Å². The summed E-state index contributed by atoms with van der Waals surface area (Å²) >= 11 is 7.62. The summed E-state index contributed by atoms with van der Waals surface area (Å²) in [6.07, 6.45) is 1.14. The van der Waals surface area contributed by atoms with Crippen LogP contribution in [0.4, 0.5) is 11.4 Å². The summed E-state index contributed by atoms with van der Waals surface area (Å²) in [5.41, 5.74) is 6.78. The number of benzene rings is 1. The zero-order valence-corrected chi connectivity index (χ0v) is 12.3. The smallest absolute Gasteiger partial charge is 0.234 e. The number of thioether (sulfide) groups is 1. The number of halogens is 1. The molecule has 0 aliphatic heterocycles. The number of nitrogens with two attached hydrogens (primary N) is 1. The predicted molar refractivity (Wildman–Crippen MR) is 81.3 cm³/mol. The van der Waals surface area contributed by atoms with Crippen molar-refractivity contribution in [2.24, 2.45) is 5.92 Å². The Labute approximate surface area is 117 Å². The number of nitrogens with one attached hydrogen (secondary N) is 1. The van der Waals surface area contributed by atoms with E-state index in [0.717, 1.165) is 12.2 Å². The van der Waals surface area contributed by atoms with Crippen LogP contribution in [0, 0.1) is 5.92 Å². The normalized spacial score (nSPS) is 12.2. The lowest BCUT2D eigenvalue weighted by Crippen LogP contribution is -2.15. The van der Waals surface area contributed by atoms with Crippen LogP contribution < -0.4 is 11.1 Å². The average molecular weight is 287 g/mol. The Morgan fingerprint density at radius 1 is 1.56 bits per heavy atom. The summed E-state index contributed by atoms with van der Waals surface area (Å²) < 4.78 is 0. The van der Waals surface area contributed by atoms with Gasteiger partial charge in [0, 0.05) is 5.69 Å². The minimum Gasteiger partial charge on any atom is -0.399 e. The molecule has 0 aliphatic rings. The lowest BCUT2D eigenvalue weighted by Gasteiger charge is -2.09. The molecular formula is C13H19ClN2OS. The maximum Gasteiger partial charge on any atom is 0.234 e. The molecule has 1 unspecified atom stereocenters. The lowest BCUT2D eigenvalue weighted by atomic mass is 10.2. The van der Waals surface area contributed by atoms with Gasteiger partial charge in [0.1, 0.15) is 0 Å². The van der Waals surface area contributed by atoms with Gasteiger partial charge in [-0.3, -0.25) is 4.79 Å². The molecule has 18 heavy (non-hydrogen) atoms. The second-order valence-electron chi connectivity index (χ2n) is 4.32. The summed E-state index contributed by atoms with van der Waals surface area (Å²) in [5.74, 6) is 2.06. The molecule has 0 radical (unpaired) electrons. The number of nitrogen functional groups attached to an aromatic ring is 1. The van der Waals surface area contributed by atoms with Crippen molar-refractivity contribution in [2.45, 2.75) is 20.3 Å². The molecule has 3 nitrogen and oxygen atoms in total. The third-order valence-electron chi connectivity index (χ3n) is 2.60. The van der Waals surface area contributed by atoms with E-state index in [9.17, 15) is 4.79 Å². The van der Waals surface area contributed by atoms with Crippen LogP contribution in [0.15, 0.2) is 18.2 Å². The summed E-state index contributed by atoms with van der Waals surface area (Å²) in [7, 11) is 0.